The molecule has 0 amide bonds. The third-order valence-electron chi connectivity index (χ3n) is 3.20. The molecule has 0 aliphatic heterocycles. The van der Waals surface area contributed by atoms with Crippen LogP contribution in [-0.4, -0.2) is 5.78 Å². The van der Waals surface area contributed by atoms with Gasteiger partial charge in [-0.25, -0.2) is 0 Å². The molecule has 14 heavy (non-hydrogen) atoms. The average Bonchev–Trinajstić information content (AvgIpc) is 2.33. The molecule has 0 aromatic rings. The van der Waals surface area contributed by atoms with E-state index in [9.17, 15) is 4.79 Å². The summed E-state index contributed by atoms with van der Waals surface area (Å²) in [6.45, 7) is 11.5. The van der Waals surface area contributed by atoms with E-state index >= 15 is 0 Å². The van der Waals surface area contributed by atoms with E-state index < -0.39 is 0 Å². The first-order valence-corrected chi connectivity index (χ1v) is 5.03. The first kappa shape index (κ1) is 11.0. The summed E-state index contributed by atoms with van der Waals surface area (Å²) >= 11 is 0. The summed E-state index contributed by atoms with van der Waals surface area (Å²) in [6.07, 6.45) is 7.14. The number of carbonyl (C=O) groups excluding carboxylic acids is 1. The van der Waals surface area contributed by atoms with Crippen LogP contribution < -0.4 is 0 Å². The number of ketones is 1. The Morgan fingerprint density at radius 3 is 2.64 bits per heavy atom. The molecular weight excluding hydrogens is 172 g/mol. The van der Waals surface area contributed by atoms with Crippen LogP contribution in [0.1, 0.15) is 26.7 Å². The Morgan fingerprint density at radius 1 is 1.50 bits per heavy atom. The van der Waals surface area contributed by atoms with Crippen molar-refractivity contribution in [1.29, 1.82) is 0 Å². The zero-order valence-electron chi connectivity index (χ0n) is 9.05. The molecule has 1 aliphatic rings. The number of allylic oxidation sites excluding steroid dienone is 4. The third-order valence-corrected chi connectivity index (χ3v) is 3.20. The number of Topliss-reactive ketones (excluding diaryl/α,β-unsaturated/α-hetero) is 1. The van der Waals surface area contributed by atoms with Gasteiger partial charge in [0.15, 0.2) is 5.78 Å². The van der Waals surface area contributed by atoms with Gasteiger partial charge in [-0.3, -0.25) is 4.79 Å². The van der Waals surface area contributed by atoms with Gasteiger partial charge in [0.05, 0.1) is 0 Å². The molecule has 0 spiro atoms. The lowest BCUT2D eigenvalue weighted by Gasteiger charge is -2.26. The number of hydrogen-bond acceptors (Lipinski definition) is 1. The third kappa shape index (κ3) is 1.59. The molecule has 0 aromatic heterocycles. The van der Waals surface area contributed by atoms with Crippen molar-refractivity contribution in [2.24, 2.45) is 11.3 Å². The van der Waals surface area contributed by atoms with Crippen molar-refractivity contribution in [3.8, 4) is 0 Å². The van der Waals surface area contributed by atoms with Crippen molar-refractivity contribution in [1.82, 2.24) is 0 Å². The average molecular weight is 190 g/mol. The van der Waals surface area contributed by atoms with Gasteiger partial charge >= 0.3 is 0 Å². The SMILES string of the molecule is C=CCC1=C[C@H](C)[C@](C)(CC=C)C1=O. The lowest BCUT2D eigenvalue weighted by molar-refractivity contribution is -0.124. The van der Waals surface area contributed by atoms with Crippen molar-refractivity contribution in [2.75, 3.05) is 0 Å². The quantitative estimate of drug-likeness (QED) is 0.622. The van der Waals surface area contributed by atoms with Gasteiger partial charge in [0.1, 0.15) is 0 Å². The van der Waals surface area contributed by atoms with Crippen LogP contribution in [-0.2, 0) is 4.79 Å². The highest BCUT2D eigenvalue weighted by Crippen LogP contribution is 2.42. The van der Waals surface area contributed by atoms with E-state index in [-0.39, 0.29) is 11.2 Å². The highest BCUT2D eigenvalue weighted by molar-refractivity contribution is 6.02. The van der Waals surface area contributed by atoms with Gasteiger partial charge in [-0.05, 0) is 24.3 Å². The maximum Gasteiger partial charge on any atom is 0.165 e. The van der Waals surface area contributed by atoms with Gasteiger partial charge < -0.3 is 0 Å². The zero-order chi connectivity index (χ0) is 10.8. The van der Waals surface area contributed by atoms with Gasteiger partial charge in [0.25, 0.3) is 0 Å². The normalized spacial score (nSPS) is 31.4. The Hall–Kier alpha value is -1.11. The van der Waals surface area contributed by atoms with Gasteiger partial charge in [0, 0.05) is 5.41 Å². The molecule has 0 aromatic carbocycles. The highest BCUT2D eigenvalue weighted by atomic mass is 16.1. The molecule has 0 radical (unpaired) electrons. The molecule has 0 N–H and O–H groups in total. The molecule has 0 bridgehead atoms. The molecule has 1 nitrogen and oxygen atoms in total. The van der Waals surface area contributed by atoms with Crippen molar-refractivity contribution in [2.45, 2.75) is 26.7 Å². The molecule has 0 fully saturated rings. The fraction of sp³-hybridized carbons (Fsp3) is 0.462. The van der Waals surface area contributed by atoms with Crippen LogP contribution in [0.15, 0.2) is 37.0 Å². The fourth-order valence-corrected chi connectivity index (χ4v) is 2.03. The summed E-state index contributed by atoms with van der Waals surface area (Å²) in [6, 6.07) is 0. The van der Waals surface area contributed by atoms with Crippen molar-refractivity contribution in [3.05, 3.63) is 37.0 Å². The summed E-state index contributed by atoms with van der Waals surface area (Å²) in [5.41, 5.74) is 0.650. The number of rotatable bonds is 4. The minimum Gasteiger partial charge on any atom is -0.294 e. The maximum absolute atomic E-state index is 12.1. The van der Waals surface area contributed by atoms with Crippen molar-refractivity contribution < 1.29 is 4.79 Å². The zero-order valence-corrected chi connectivity index (χ0v) is 9.05. The number of carbonyl (C=O) groups is 1. The van der Waals surface area contributed by atoms with E-state index in [2.05, 4.69) is 26.2 Å². The molecular formula is C13H18O. The van der Waals surface area contributed by atoms with Crippen LogP contribution in [0.25, 0.3) is 0 Å². The first-order chi connectivity index (χ1) is 6.56. The topological polar surface area (TPSA) is 17.1 Å². The molecule has 1 rings (SSSR count). The van der Waals surface area contributed by atoms with Crippen LogP contribution in [0.5, 0.6) is 0 Å². The maximum atomic E-state index is 12.1. The Balaban J connectivity index is 2.92. The summed E-state index contributed by atoms with van der Waals surface area (Å²) in [5, 5.41) is 0. The molecule has 0 heterocycles. The van der Waals surface area contributed by atoms with E-state index in [1.807, 2.05) is 13.0 Å². The van der Waals surface area contributed by atoms with Crippen LogP contribution >= 0.6 is 0 Å². The Bertz CT molecular complexity index is 298. The molecule has 0 saturated heterocycles. The van der Waals surface area contributed by atoms with Crippen molar-refractivity contribution >= 4 is 5.78 Å². The van der Waals surface area contributed by atoms with Crippen LogP contribution in [0, 0.1) is 11.3 Å². The second-order valence-corrected chi connectivity index (χ2v) is 4.21. The van der Waals surface area contributed by atoms with Gasteiger partial charge in [-0.1, -0.05) is 32.1 Å². The van der Waals surface area contributed by atoms with Gasteiger partial charge in [-0.15, -0.1) is 13.2 Å². The van der Waals surface area contributed by atoms with E-state index in [4.69, 9.17) is 0 Å². The van der Waals surface area contributed by atoms with E-state index in [0.717, 1.165) is 12.0 Å². The smallest absolute Gasteiger partial charge is 0.165 e. The Kier molecular flexibility index (Phi) is 3.10. The lowest BCUT2D eigenvalue weighted by atomic mass is 9.76. The second kappa shape index (κ2) is 3.95. The monoisotopic (exact) mass is 190 g/mol. The summed E-state index contributed by atoms with van der Waals surface area (Å²) in [5.74, 6) is 0.577. The molecule has 1 aliphatic carbocycles. The van der Waals surface area contributed by atoms with E-state index in [1.54, 1.807) is 6.08 Å². The second-order valence-electron chi connectivity index (χ2n) is 4.21. The summed E-state index contributed by atoms with van der Waals surface area (Å²) in [7, 11) is 0. The van der Waals surface area contributed by atoms with Crippen molar-refractivity contribution in [3.63, 3.8) is 0 Å². The Morgan fingerprint density at radius 2 is 2.14 bits per heavy atom. The largest absolute Gasteiger partial charge is 0.294 e. The molecule has 76 valence electrons. The van der Waals surface area contributed by atoms with Gasteiger partial charge in [0.2, 0.25) is 0 Å². The lowest BCUT2D eigenvalue weighted by Crippen LogP contribution is -2.28. The predicted octanol–water partition coefficient (Wildman–Crippen LogP) is 3.29. The predicted molar refractivity (Wildman–Crippen MR) is 60.0 cm³/mol. The number of hydrogen-bond donors (Lipinski definition) is 0. The molecule has 0 unspecified atom stereocenters. The first-order valence-electron chi connectivity index (χ1n) is 5.03. The molecule has 0 saturated carbocycles. The van der Waals surface area contributed by atoms with Crippen LogP contribution in [0.4, 0.5) is 0 Å². The van der Waals surface area contributed by atoms with Gasteiger partial charge in [-0.2, -0.15) is 0 Å². The Labute approximate surface area is 86.2 Å². The molecule has 1 heteroatoms. The van der Waals surface area contributed by atoms with Crippen LogP contribution in [0.3, 0.4) is 0 Å². The minimum atomic E-state index is -0.264. The standard InChI is InChI=1S/C13H18O/c1-5-7-11-9-10(3)13(4,8-6-2)12(11)14/h5-6,9-10H,1-2,7-8H2,3-4H3/t10-,13-/m0/s1. The summed E-state index contributed by atoms with van der Waals surface area (Å²) < 4.78 is 0. The van der Waals surface area contributed by atoms with Crippen LogP contribution in [0.2, 0.25) is 0 Å². The highest BCUT2D eigenvalue weighted by Gasteiger charge is 2.42. The minimum absolute atomic E-state index is 0.264. The summed E-state index contributed by atoms with van der Waals surface area (Å²) in [4.78, 5) is 12.1. The van der Waals surface area contributed by atoms with E-state index in [0.29, 0.717) is 12.3 Å². The fourth-order valence-electron chi connectivity index (χ4n) is 2.03. The van der Waals surface area contributed by atoms with E-state index in [1.165, 1.54) is 0 Å². The molecule has 2 atom stereocenters.